The molecule has 1 aromatic rings. The number of aryl methyl sites for hydroxylation is 2. The van der Waals surface area contributed by atoms with Crippen molar-refractivity contribution < 1.29 is 4.79 Å². The van der Waals surface area contributed by atoms with Crippen molar-refractivity contribution in [3.63, 3.8) is 0 Å². The summed E-state index contributed by atoms with van der Waals surface area (Å²) in [6.45, 7) is 10.2. The van der Waals surface area contributed by atoms with Gasteiger partial charge in [0.05, 0.1) is 0 Å². The molecule has 0 heterocycles. The fraction of sp³-hybridized carbons (Fsp3) is 0.562. The highest BCUT2D eigenvalue weighted by atomic mass is 16.1. The number of ketones is 1. The lowest BCUT2D eigenvalue weighted by Crippen LogP contribution is -2.34. The molecule has 0 fully saturated rings. The summed E-state index contributed by atoms with van der Waals surface area (Å²) in [5.41, 5.74) is 3.70. The van der Waals surface area contributed by atoms with Crippen LogP contribution in [0.2, 0.25) is 0 Å². The van der Waals surface area contributed by atoms with E-state index in [-0.39, 0.29) is 5.41 Å². The third-order valence-corrected chi connectivity index (χ3v) is 3.57. The molecule has 94 valence electrons. The van der Waals surface area contributed by atoms with Gasteiger partial charge in [-0.25, -0.2) is 0 Å². The summed E-state index contributed by atoms with van der Waals surface area (Å²) >= 11 is 0. The maximum Gasteiger partial charge on any atom is 0.143 e. The van der Waals surface area contributed by atoms with Crippen LogP contribution < -0.4 is 0 Å². The van der Waals surface area contributed by atoms with E-state index in [1.54, 1.807) is 0 Å². The summed E-state index contributed by atoms with van der Waals surface area (Å²) in [6.07, 6.45) is 2.69. The third-order valence-electron chi connectivity index (χ3n) is 3.57. The van der Waals surface area contributed by atoms with Crippen LogP contribution in [0.4, 0.5) is 0 Å². The highest BCUT2D eigenvalue weighted by Gasteiger charge is 2.34. The number of hydrogen-bond acceptors (Lipinski definition) is 1. The molecule has 0 N–H and O–H groups in total. The van der Waals surface area contributed by atoms with Crippen LogP contribution in [0, 0.1) is 0 Å². The SMILES string of the molecule is CC.CCc1ccc2c(c1)CCC(=O)C2(C)C. The number of hydrogen-bond donors (Lipinski definition) is 0. The van der Waals surface area contributed by atoms with Crippen molar-refractivity contribution in [2.45, 2.75) is 59.3 Å². The second kappa shape index (κ2) is 5.48. The number of fused-ring (bicyclic) bond motifs is 1. The predicted octanol–water partition coefficient (Wildman–Crippen LogP) is 4.07. The van der Waals surface area contributed by atoms with Crippen molar-refractivity contribution in [2.75, 3.05) is 0 Å². The maximum absolute atomic E-state index is 11.8. The van der Waals surface area contributed by atoms with E-state index in [4.69, 9.17) is 0 Å². The number of carbonyl (C=O) groups excluding carboxylic acids is 1. The maximum atomic E-state index is 11.8. The van der Waals surface area contributed by atoms with Gasteiger partial charge in [-0.1, -0.05) is 39.0 Å². The molecule has 0 aromatic heterocycles. The van der Waals surface area contributed by atoms with Gasteiger partial charge >= 0.3 is 0 Å². The standard InChI is InChI=1S/C14H18O.C2H6/c1-4-10-5-7-12-11(9-10)6-8-13(15)14(12,2)3;1-2/h5,7,9H,4,6,8H2,1-3H3;1-2H3. The highest BCUT2D eigenvalue weighted by Crippen LogP contribution is 2.34. The van der Waals surface area contributed by atoms with Gasteiger partial charge in [0, 0.05) is 11.8 Å². The topological polar surface area (TPSA) is 17.1 Å². The van der Waals surface area contributed by atoms with E-state index < -0.39 is 0 Å². The van der Waals surface area contributed by atoms with E-state index in [1.165, 1.54) is 16.7 Å². The van der Waals surface area contributed by atoms with E-state index in [0.29, 0.717) is 12.2 Å². The lowest BCUT2D eigenvalue weighted by atomic mass is 9.71. The molecule has 0 bridgehead atoms. The molecule has 1 heteroatoms. The quantitative estimate of drug-likeness (QED) is 0.713. The molecular weight excluding hydrogens is 208 g/mol. The smallest absolute Gasteiger partial charge is 0.143 e. The minimum absolute atomic E-state index is 0.278. The second-order valence-electron chi connectivity index (χ2n) is 4.89. The van der Waals surface area contributed by atoms with E-state index in [0.717, 1.165) is 12.8 Å². The fourth-order valence-electron chi connectivity index (χ4n) is 2.39. The van der Waals surface area contributed by atoms with Crippen LogP contribution in [0.15, 0.2) is 18.2 Å². The van der Waals surface area contributed by atoms with E-state index in [1.807, 2.05) is 27.7 Å². The predicted molar refractivity (Wildman–Crippen MR) is 73.5 cm³/mol. The van der Waals surface area contributed by atoms with Gasteiger partial charge < -0.3 is 0 Å². The number of carbonyl (C=O) groups is 1. The fourth-order valence-corrected chi connectivity index (χ4v) is 2.39. The van der Waals surface area contributed by atoms with Crippen LogP contribution in [0.25, 0.3) is 0 Å². The summed E-state index contributed by atoms with van der Waals surface area (Å²) in [5.74, 6) is 0.374. The Kier molecular flexibility index (Phi) is 4.50. The van der Waals surface area contributed by atoms with Crippen LogP contribution in [0.5, 0.6) is 0 Å². The molecule has 1 aliphatic rings. The van der Waals surface area contributed by atoms with Crippen LogP contribution in [-0.4, -0.2) is 5.78 Å². The van der Waals surface area contributed by atoms with Crippen molar-refractivity contribution in [3.05, 3.63) is 34.9 Å². The monoisotopic (exact) mass is 232 g/mol. The summed E-state index contributed by atoms with van der Waals surface area (Å²) in [7, 11) is 0. The zero-order valence-electron chi connectivity index (χ0n) is 11.8. The van der Waals surface area contributed by atoms with Crippen molar-refractivity contribution in [2.24, 2.45) is 0 Å². The van der Waals surface area contributed by atoms with Crippen LogP contribution in [-0.2, 0) is 23.1 Å². The zero-order chi connectivity index (χ0) is 13.1. The summed E-state index contributed by atoms with van der Waals surface area (Å²) in [4.78, 5) is 11.8. The van der Waals surface area contributed by atoms with Crippen molar-refractivity contribution in [1.29, 1.82) is 0 Å². The molecule has 0 saturated heterocycles. The van der Waals surface area contributed by atoms with Crippen LogP contribution in [0.3, 0.4) is 0 Å². The molecule has 0 unspecified atom stereocenters. The molecular formula is C16H24O. The number of benzene rings is 1. The summed E-state index contributed by atoms with van der Waals surface area (Å²) in [6, 6.07) is 6.56. The molecule has 0 aliphatic heterocycles. The van der Waals surface area contributed by atoms with Gasteiger partial charge in [-0.05, 0) is 43.4 Å². The van der Waals surface area contributed by atoms with Gasteiger partial charge in [-0.15, -0.1) is 0 Å². The Labute approximate surface area is 105 Å². The average molecular weight is 232 g/mol. The molecule has 1 aromatic carbocycles. The first-order valence-corrected chi connectivity index (χ1v) is 6.71. The molecule has 0 atom stereocenters. The third kappa shape index (κ3) is 2.59. The lowest BCUT2D eigenvalue weighted by molar-refractivity contribution is -0.124. The molecule has 0 radical (unpaired) electrons. The first-order valence-electron chi connectivity index (χ1n) is 6.71. The van der Waals surface area contributed by atoms with Crippen molar-refractivity contribution >= 4 is 5.78 Å². The molecule has 0 saturated carbocycles. The average Bonchev–Trinajstić information content (AvgIpc) is 2.36. The largest absolute Gasteiger partial charge is 0.299 e. The Morgan fingerprint density at radius 1 is 1.18 bits per heavy atom. The van der Waals surface area contributed by atoms with E-state index in [2.05, 4.69) is 25.1 Å². The van der Waals surface area contributed by atoms with Gasteiger partial charge in [0.25, 0.3) is 0 Å². The second-order valence-corrected chi connectivity index (χ2v) is 4.89. The minimum Gasteiger partial charge on any atom is -0.299 e. The number of Topliss-reactive ketones (excluding diaryl/α,β-unsaturated/α-hetero) is 1. The Balaban J connectivity index is 0.000000686. The summed E-state index contributed by atoms with van der Waals surface area (Å²) < 4.78 is 0. The molecule has 0 spiro atoms. The van der Waals surface area contributed by atoms with Crippen molar-refractivity contribution in [3.8, 4) is 0 Å². The Bertz CT molecular complexity index is 402. The first kappa shape index (κ1) is 14.0. The van der Waals surface area contributed by atoms with Gasteiger partial charge in [0.1, 0.15) is 5.78 Å². The van der Waals surface area contributed by atoms with Crippen LogP contribution in [0.1, 0.15) is 57.7 Å². The molecule has 2 rings (SSSR count). The molecule has 1 nitrogen and oxygen atoms in total. The normalized spacial score (nSPS) is 16.9. The highest BCUT2D eigenvalue weighted by molar-refractivity contribution is 5.91. The Hall–Kier alpha value is -1.11. The van der Waals surface area contributed by atoms with Crippen molar-refractivity contribution in [1.82, 2.24) is 0 Å². The Morgan fingerprint density at radius 2 is 1.82 bits per heavy atom. The van der Waals surface area contributed by atoms with Crippen LogP contribution >= 0.6 is 0 Å². The minimum atomic E-state index is -0.278. The summed E-state index contributed by atoms with van der Waals surface area (Å²) in [5, 5.41) is 0. The molecule has 1 aliphatic carbocycles. The van der Waals surface area contributed by atoms with Gasteiger partial charge in [0.2, 0.25) is 0 Å². The lowest BCUT2D eigenvalue weighted by Gasteiger charge is -2.31. The van der Waals surface area contributed by atoms with E-state index >= 15 is 0 Å². The van der Waals surface area contributed by atoms with E-state index in [9.17, 15) is 4.79 Å². The van der Waals surface area contributed by atoms with Gasteiger partial charge in [-0.2, -0.15) is 0 Å². The first-order chi connectivity index (χ1) is 8.05. The van der Waals surface area contributed by atoms with Gasteiger partial charge in [0.15, 0.2) is 0 Å². The zero-order valence-corrected chi connectivity index (χ0v) is 11.8. The molecule has 17 heavy (non-hydrogen) atoms. The van der Waals surface area contributed by atoms with Gasteiger partial charge in [-0.3, -0.25) is 4.79 Å². The Morgan fingerprint density at radius 3 is 2.41 bits per heavy atom. The molecule has 0 amide bonds. The number of rotatable bonds is 1.